The molecule has 0 fully saturated rings. The van der Waals surface area contributed by atoms with Crippen LogP contribution in [0.3, 0.4) is 0 Å². The number of nitriles is 1. The number of para-hydroxylation sites is 1. The topological polar surface area (TPSA) is 78.0 Å². The lowest BCUT2D eigenvalue weighted by Crippen LogP contribution is -2.59. The lowest BCUT2D eigenvalue weighted by Gasteiger charge is -2.44. The number of rotatable bonds is 0. The number of nitrogen functional groups attached to an aromatic ring is 1. The van der Waals surface area contributed by atoms with E-state index >= 15 is 0 Å². The molecule has 2 aliphatic rings. The summed E-state index contributed by atoms with van der Waals surface area (Å²) in [6.45, 7) is 4.48. The van der Waals surface area contributed by atoms with Crippen LogP contribution < -0.4 is 16.0 Å². The van der Waals surface area contributed by atoms with Crippen LogP contribution in [0, 0.1) is 11.3 Å². The summed E-state index contributed by atoms with van der Waals surface area (Å²) < 4.78 is 0. The Kier molecular flexibility index (Phi) is 2.52. The van der Waals surface area contributed by atoms with E-state index in [2.05, 4.69) is 66.4 Å². The number of hydrogen-bond acceptors (Lipinski definition) is 5. The van der Waals surface area contributed by atoms with E-state index in [0.717, 1.165) is 17.7 Å². The molecule has 5 nitrogen and oxygen atoms in total. The fourth-order valence-electron chi connectivity index (χ4n) is 4.20. The van der Waals surface area contributed by atoms with Gasteiger partial charge in [-0.25, -0.2) is 4.98 Å². The largest absolute Gasteiger partial charge is 0.383 e. The lowest BCUT2D eigenvalue weighted by molar-refractivity contribution is 0.316. The monoisotopic (exact) mass is 305 g/mol. The highest BCUT2D eigenvalue weighted by Crippen LogP contribution is 2.56. The van der Waals surface area contributed by atoms with Gasteiger partial charge in [-0.1, -0.05) is 32.0 Å². The van der Waals surface area contributed by atoms with Crippen LogP contribution in [0.1, 0.15) is 30.5 Å². The molecule has 0 saturated carbocycles. The van der Waals surface area contributed by atoms with E-state index in [0.29, 0.717) is 11.4 Å². The van der Waals surface area contributed by atoms with Crippen molar-refractivity contribution in [2.45, 2.75) is 31.3 Å². The molecule has 3 heterocycles. The van der Waals surface area contributed by atoms with Crippen molar-refractivity contribution in [2.75, 3.05) is 23.0 Å². The van der Waals surface area contributed by atoms with E-state index in [4.69, 9.17) is 5.73 Å². The van der Waals surface area contributed by atoms with Crippen molar-refractivity contribution in [1.82, 2.24) is 4.98 Å². The second-order valence-electron chi connectivity index (χ2n) is 6.89. The highest BCUT2D eigenvalue weighted by atomic mass is 15.4. The Morgan fingerprint density at radius 3 is 2.78 bits per heavy atom. The second-order valence-corrected chi connectivity index (χ2v) is 6.89. The first-order valence-corrected chi connectivity index (χ1v) is 7.71. The van der Waals surface area contributed by atoms with Gasteiger partial charge in [-0.2, -0.15) is 5.26 Å². The molecule has 3 N–H and O–H groups in total. The smallest absolute Gasteiger partial charge is 0.128 e. The van der Waals surface area contributed by atoms with Gasteiger partial charge < -0.3 is 16.0 Å². The fourth-order valence-corrected chi connectivity index (χ4v) is 4.20. The molecule has 4 rings (SSSR count). The Morgan fingerprint density at radius 2 is 2.09 bits per heavy atom. The number of benzene rings is 1. The second kappa shape index (κ2) is 4.17. The Bertz CT molecular complexity index is 864. The minimum atomic E-state index is -0.345. The molecule has 1 aromatic heterocycles. The molecular weight excluding hydrogens is 286 g/mol. The molecule has 23 heavy (non-hydrogen) atoms. The van der Waals surface area contributed by atoms with Crippen molar-refractivity contribution in [3.05, 3.63) is 47.2 Å². The van der Waals surface area contributed by atoms with E-state index in [-0.39, 0.29) is 11.1 Å². The van der Waals surface area contributed by atoms with Crippen molar-refractivity contribution in [1.29, 1.82) is 5.26 Å². The van der Waals surface area contributed by atoms with E-state index in [1.54, 1.807) is 6.20 Å². The molecule has 0 aliphatic carbocycles. The number of likely N-dealkylation sites (N-methyl/N-ethyl adjacent to an activating group) is 1. The molecular formula is C18H19N5. The predicted octanol–water partition coefficient (Wildman–Crippen LogP) is 2.63. The van der Waals surface area contributed by atoms with Gasteiger partial charge in [0, 0.05) is 36.3 Å². The van der Waals surface area contributed by atoms with Gasteiger partial charge >= 0.3 is 0 Å². The summed E-state index contributed by atoms with van der Waals surface area (Å²) in [5.41, 5.74) is 10.4. The van der Waals surface area contributed by atoms with Crippen LogP contribution in [0.2, 0.25) is 0 Å². The van der Waals surface area contributed by atoms with Gasteiger partial charge in [0.05, 0.1) is 11.3 Å². The average Bonchev–Trinajstić information content (AvgIpc) is 3.03. The summed E-state index contributed by atoms with van der Waals surface area (Å²) in [6.07, 6.45) is 2.27. The number of aromatic nitrogens is 1. The number of fused-ring (bicyclic) bond motifs is 2. The third-order valence-electron chi connectivity index (χ3n) is 5.64. The predicted molar refractivity (Wildman–Crippen MR) is 91.3 cm³/mol. The SMILES string of the molecule is CN1c2ccccc2C(C)(C)C12Cc1c(N)ncc(C#N)c1N2. The minimum absolute atomic E-state index is 0.142. The summed E-state index contributed by atoms with van der Waals surface area (Å²) in [5, 5.41) is 13.0. The van der Waals surface area contributed by atoms with Gasteiger partial charge in [0.25, 0.3) is 0 Å². The summed E-state index contributed by atoms with van der Waals surface area (Å²) in [4.78, 5) is 6.48. The molecule has 2 aliphatic heterocycles. The number of pyridine rings is 1. The zero-order valence-corrected chi connectivity index (χ0v) is 13.5. The third kappa shape index (κ3) is 1.48. The van der Waals surface area contributed by atoms with Crippen LogP contribution in [-0.4, -0.2) is 17.7 Å². The van der Waals surface area contributed by atoms with Crippen LogP contribution in [0.5, 0.6) is 0 Å². The molecule has 116 valence electrons. The third-order valence-corrected chi connectivity index (χ3v) is 5.64. The summed E-state index contributed by atoms with van der Waals surface area (Å²) in [7, 11) is 2.10. The highest BCUT2D eigenvalue weighted by molar-refractivity contribution is 5.79. The number of hydrogen-bond donors (Lipinski definition) is 2. The van der Waals surface area contributed by atoms with Crippen LogP contribution in [0.4, 0.5) is 17.2 Å². The van der Waals surface area contributed by atoms with Crippen LogP contribution in [0.15, 0.2) is 30.5 Å². The first kappa shape index (κ1) is 13.9. The fraction of sp³-hybridized carbons (Fsp3) is 0.333. The zero-order chi connectivity index (χ0) is 16.4. The van der Waals surface area contributed by atoms with Gasteiger partial charge in [-0.15, -0.1) is 0 Å². The van der Waals surface area contributed by atoms with Gasteiger partial charge in [0.15, 0.2) is 0 Å². The van der Waals surface area contributed by atoms with Crippen molar-refractivity contribution in [3.63, 3.8) is 0 Å². The van der Waals surface area contributed by atoms with E-state index in [9.17, 15) is 5.26 Å². The minimum Gasteiger partial charge on any atom is -0.383 e. The molecule has 0 bridgehead atoms. The van der Waals surface area contributed by atoms with E-state index in [1.165, 1.54) is 11.3 Å². The molecule has 1 aromatic carbocycles. The Hall–Kier alpha value is -2.74. The van der Waals surface area contributed by atoms with Crippen LogP contribution in [-0.2, 0) is 11.8 Å². The van der Waals surface area contributed by atoms with Gasteiger partial charge in [0.1, 0.15) is 17.5 Å². The summed E-state index contributed by atoms with van der Waals surface area (Å²) >= 11 is 0. The van der Waals surface area contributed by atoms with Crippen molar-refractivity contribution < 1.29 is 0 Å². The molecule has 0 radical (unpaired) electrons. The van der Waals surface area contributed by atoms with Crippen molar-refractivity contribution in [2.24, 2.45) is 0 Å². The summed E-state index contributed by atoms with van der Waals surface area (Å²) in [5.74, 6) is 0.503. The van der Waals surface area contributed by atoms with Gasteiger partial charge in [-0.05, 0) is 11.6 Å². The molecule has 1 unspecified atom stereocenters. The molecule has 5 heteroatoms. The van der Waals surface area contributed by atoms with Gasteiger partial charge in [-0.3, -0.25) is 0 Å². The molecule has 0 amide bonds. The molecule has 0 saturated heterocycles. The van der Waals surface area contributed by atoms with Crippen LogP contribution in [0.25, 0.3) is 0 Å². The van der Waals surface area contributed by atoms with Crippen molar-refractivity contribution >= 4 is 17.2 Å². The first-order chi connectivity index (χ1) is 10.9. The molecule has 1 spiro atoms. The maximum atomic E-state index is 9.41. The number of anilines is 3. The normalized spacial score (nSPS) is 23.3. The lowest BCUT2D eigenvalue weighted by atomic mass is 9.74. The average molecular weight is 305 g/mol. The Balaban J connectivity index is 1.93. The number of nitrogens with two attached hydrogens (primary N) is 1. The number of nitrogens with one attached hydrogen (secondary N) is 1. The molecule has 1 atom stereocenters. The molecule has 2 aromatic rings. The Labute approximate surface area is 135 Å². The summed E-state index contributed by atoms with van der Waals surface area (Å²) in [6, 6.07) is 10.7. The number of nitrogens with zero attached hydrogens (tertiary/aromatic N) is 3. The van der Waals surface area contributed by atoms with E-state index in [1.807, 2.05) is 0 Å². The highest BCUT2D eigenvalue weighted by Gasteiger charge is 2.58. The standard InChI is InChI=1S/C18H19N5/c1-17(2)13-6-4-5-7-14(13)23(3)18(17)8-12-15(22-18)11(9-19)10-21-16(12)20/h4-7,10,22H,8H2,1-3H3,(H2,20,21). The quantitative estimate of drug-likeness (QED) is 0.782. The maximum absolute atomic E-state index is 9.41. The van der Waals surface area contributed by atoms with Crippen molar-refractivity contribution in [3.8, 4) is 6.07 Å². The van der Waals surface area contributed by atoms with Crippen LogP contribution >= 0.6 is 0 Å². The van der Waals surface area contributed by atoms with E-state index < -0.39 is 0 Å². The first-order valence-electron chi connectivity index (χ1n) is 7.71. The maximum Gasteiger partial charge on any atom is 0.128 e. The van der Waals surface area contributed by atoms with Gasteiger partial charge in [0.2, 0.25) is 0 Å². The zero-order valence-electron chi connectivity index (χ0n) is 13.5. The Morgan fingerprint density at radius 1 is 1.35 bits per heavy atom.